The number of amides is 1. The van der Waals surface area contributed by atoms with E-state index < -0.39 is 0 Å². The second-order valence-electron chi connectivity index (χ2n) is 6.78. The maximum Gasteiger partial charge on any atom is 0.236 e. The molecule has 0 bridgehead atoms. The fourth-order valence-corrected chi connectivity index (χ4v) is 3.74. The van der Waals surface area contributed by atoms with Crippen LogP contribution in [0, 0.1) is 0 Å². The number of carbonyl (C=O) groups excluding carboxylic acids is 1. The van der Waals surface area contributed by atoms with E-state index in [0.717, 1.165) is 45.3 Å². The van der Waals surface area contributed by atoms with E-state index in [2.05, 4.69) is 16.7 Å². The zero-order chi connectivity index (χ0) is 15.1. The van der Waals surface area contributed by atoms with Gasteiger partial charge in [0.2, 0.25) is 5.91 Å². The van der Waals surface area contributed by atoms with Crippen molar-refractivity contribution >= 4 is 5.91 Å². The minimum atomic E-state index is 0.341. The lowest BCUT2D eigenvalue weighted by Crippen LogP contribution is -2.47. The van der Waals surface area contributed by atoms with Gasteiger partial charge >= 0.3 is 0 Å². The first-order valence-corrected chi connectivity index (χ1v) is 8.98. The Morgan fingerprint density at radius 1 is 1.05 bits per heavy atom. The predicted molar refractivity (Wildman–Crippen MR) is 87.1 cm³/mol. The van der Waals surface area contributed by atoms with Crippen molar-refractivity contribution in [3.8, 4) is 0 Å². The van der Waals surface area contributed by atoms with Crippen LogP contribution >= 0.6 is 0 Å². The molecule has 0 aromatic heterocycles. The van der Waals surface area contributed by atoms with Gasteiger partial charge in [0.05, 0.1) is 6.54 Å². The zero-order valence-electron chi connectivity index (χ0n) is 13.7. The normalized spacial score (nSPS) is 28.2. The highest BCUT2D eigenvalue weighted by Crippen LogP contribution is 2.22. The Balaban J connectivity index is 1.83. The van der Waals surface area contributed by atoms with E-state index in [1.54, 1.807) is 0 Å². The molecule has 21 heavy (non-hydrogen) atoms. The molecule has 0 aromatic rings. The van der Waals surface area contributed by atoms with Crippen LogP contribution in [-0.2, 0) is 4.79 Å². The van der Waals surface area contributed by atoms with Crippen LogP contribution in [0.4, 0.5) is 0 Å². The predicted octanol–water partition coefficient (Wildman–Crippen LogP) is 2.37. The van der Waals surface area contributed by atoms with E-state index in [0.29, 0.717) is 24.5 Å². The molecular weight excluding hydrogens is 262 g/mol. The van der Waals surface area contributed by atoms with E-state index in [1.165, 1.54) is 32.1 Å². The summed E-state index contributed by atoms with van der Waals surface area (Å²) in [6.45, 7) is 5.68. The molecule has 0 atom stereocenters. The summed E-state index contributed by atoms with van der Waals surface area (Å²) in [5.41, 5.74) is 6.00. The largest absolute Gasteiger partial charge is 0.342 e. The quantitative estimate of drug-likeness (QED) is 0.866. The van der Waals surface area contributed by atoms with Crippen LogP contribution in [0.15, 0.2) is 0 Å². The van der Waals surface area contributed by atoms with Crippen LogP contribution in [0.3, 0.4) is 0 Å². The highest BCUT2D eigenvalue weighted by molar-refractivity contribution is 5.78. The van der Waals surface area contributed by atoms with Gasteiger partial charge in [-0.3, -0.25) is 9.69 Å². The summed E-state index contributed by atoms with van der Waals surface area (Å²) < 4.78 is 0. The lowest BCUT2D eigenvalue weighted by atomic mass is 9.90. The summed E-state index contributed by atoms with van der Waals surface area (Å²) in [5, 5.41) is 0. The van der Waals surface area contributed by atoms with E-state index in [9.17, 15) is 4.79 Å². The molecule has 0 radical (unpaired) electrons. The van der Waals surface area contributed by atoms with Gasteiger partial charge in [-0.25, -0.2) is 0 Å². The third-order valence-electron chi connectivity index (χ3n) is 5.21. The lowest BCUT2D eigenvalue weighted by Gasteiger charge is -2.36. The smallest absolute Gasteiger partial charge is 0.236 e. The minimum Gasteiger partial charge on any atom is -0.342 e. The van der Waals surface area contributed by atoms with Gasteiger partial charge in [-0.15, -0.1) is 0 Å². The first-order chi connectivity index (χ1) is 10.2. The molecule has 2 aliphatic rings. The topological polar surface area (TPSA) is 49.6 Å². The number of nitrogens with zero attached hydrogens (tertiary/aromatic N) is 2. The van der Waals surface area contributed by atoms with E-state index in [-0.39, 0.29) is 0 Å². The molecule has 2 fully saturated rings. The van der Waals surface area contributed by atoms with Gasteiger partial charge in [-0.1, -0.05) is 26.2 Å². The second-order valence-corrected chi connectivity index (χ2v) is 6.78. The molecule has 1 aliphatic heterocycles. The number of hydrogen-bond acceptors (Lipinski definition) is 3. The Kier molecular flexibility index (Phi) is 6.97. The molecule has 122 valence electrons. The van der Waals surface area contributed by atoms with Crippen molar-refractivity contribution in [2.45, 2.75) is 76.8 Å². The Labute approximate surface area is 130 Å². The van der Waals surface area contributed by atoms with Crippen molar-refractivity contribution in [3.05, 3.63) is 0 Å². The molecule has 4 heteroatoms. The third kappa shape index (κ3) is 5.26. The number of carbonyl (C=O) groups is 1. The molecule has 2 N–H and O–H groups in total. The molecule has 1 saturated heterocycles. The molecular formula is C17H33N3O. The molecule has 0 spiro atoms. The average molecular weight is 295 g/mol. The molecule has 2 rings (SSSR count). The van der Waals surface area contributed by atoms with E-state index >= 15 is 0 Å². The molecule has 1 aliphatic carbocycles. The van der Waals surface area contributed by atoms with Gasteiger partial charge in [0.1, 0.15) is 0 Å². The standard InChI is InChI=1S/C17H33N3O/c1-2-19(16-10-8-15(18)9-11-16)14-17(21)20-12-6-4-3-5-7-13-20/h15-16H,2-14,18H2,1H3. The minimum absolute atomic E-state index is 0.341. The third-order valence-corrected chi connectivity index (χ3v) is 5.21. The van der Waals surface area contributed by atoms with Crippen molar-refractivity contribution in [3.63, 3.8) is 0 Å². The van der Waals surface area contributed by atoms with Crippen molar-refractivity contribution in [2.24, 2.45) is 5.73 Å². The first kappa shape index (κ1) is 16.8. The zero-order valence-corrected chi connectivity index (χ0v) is 13.7. The summed E-state index contributed by atoms with van der Waals surface area (Å²) in [6.07, 6.45) is 10.8. The van der Waals surface area contributed by atoms with Crippen LogP contribution in [-0.4, -0.2) is 54.0 Å². The fourth-order valence-electron chi connectivity index (χ4n) is 3.74. The maximum atomic E-state index is 12.6. The highest BCUT2D eigenvalue weighted by Gasteiger charge is 2.26. The average Bonchev–Trinajstić information content (AvgIpc) is 2.45. The Morgan fingerprint density at radius 2 is 1.62 bits per heavy atom. The number of rotatable bonds is 4. The Bertz CT molecular complexity index is 305. The summed E-state index contributed by atoms with van der Waals surface area (Å²) >= 11 is 0. The highest BCUT2D eigenvalue weighted by atomic mass is 16.2. The summed E-state index contributed by atoms with van der Waals surface area (Å²) in [6, 6.07) is 0.943. The van der Waals surface area contributed by atoms with Crippen molar-refractivity contribution in [2.75, 3.05) is 26.2 Å². The molecule has 4 nitrogen and oxygen atoms in total. The van der Waals surface area contributed by atoms with Gasteiger partial charge in [0.25, 0.3) is 0 Å². The number of nitrogens with two attached hydrogens (primary N) is 1. The molecule has 0 unspecified atom stereocenters. The molecule has 1 amide bonds. The van der Waals surface area contributed by atoms with Crippen molar-refractivity contribution in [1.82, 2.24) is 9.80 Å². The van der Waals surface area contributed by atoms with Crippen LogP contribution in [0.1, 0.15) is 64.7 Å². The van der Waals surface area contributed by atoms with Crippen LogP contribution in [0.5, 0.6) is 0 Å². The number of likely N-dealkylation sites (N-methyl/N-ethyl adjacent to an activating group) is 1. The summed E-state index contributed by atoms with van der Waals surface area (Å²) in [5.74, 6) is 0.341. The van der Waals surface area contributed by atoms with Crippen molar-refractivity contribution in [1.29, 1.82) is 0 Å². The van der Waals surface area contributed by atoms with Gasteiger partial charge < -0.3 is 10.6 Å². The van der Waals surface area contributed by atoms with Crippen LogP contribution in [0.25, 0.3) is 0 Å². The van der Waals surface area contributed by atoms with Crippen LogP contribution in [0.2, 0.25) is 0 Å². The van der Waals surface area contributed by atoms with E-state index in [1.807, 2.05) is 0 Å². The molecule has 0 aromatic carbocycles. The summed E-state index contributed by atoms with van der Waals surface area (Å²) in [4.78, 5) is 17.1. The first-order valence-electron chi connectivity index (χ1n) is 8.98. The van der Waals surface area contributed by atoms with E-state index in [4.69, 9.17) is 5.73 Å². The molecule has 1 saturated carbocycles. The fraction of sp³-hybridized carbons (Fsp3) is 0.941. The van der Waals surface area contributed by atoms with Crippen molar-refractivity contribution < 1.29 is 4.79 Å². The number of hydrogen-bond donors (Lipinski definition) is 1. The van der Waals surface area contributed by atoms with Gasteiger partial charge in [0.15, 0.2) is 0 Å². The van der Waals surface area contributed by atoms with Crippen LogP contribution < -0.4 is 5.73 Å². The Hall–Kier alpha value is -0.610. The number of likely N-dealkylation sites (tertiary alicyclic amines) is 1. The SMILES string of the molecule is CCN(CC(=O)N1CCCCCCC1)C1CCC(N)CC1. The second kappa shape index (κ2) is 8.74. The maximum absolute atomic E-state index is 12.6. The van der Waals surface area contributed by atoms with Gasteiger partial charge in [-0.2, -0.15) is 0 Å². The lowest BCUT2D eigenvalue weighted by molar-refractivity contribution is -0.133. The summed E-state index contributed by atoms with van der Waals surface area (Å²) in [7, 11) is 0. The molecule has 1 heterocycles. The Morgan fingerprint density at radius 3 is 2.19 bits per heavy atom. The van der Waals surface area contributed by atoms with Gasteiger partial charge in [0, 0.05) is 25.2 Å². The monoisotopic (exact) mass is 295 g/mol. The van der Waals surface area contributed by atoms with Gasteiger partial charge in [-0.05, 0) is 45.1 Å².